The Morgan fingerprint density at radius 3 is 3.09 bits per heavy atom. The molecule has 2 aromatic rings. The van der Waals surface area contributed by atoms with Gasteiger partial charge >= 0.3 is 0 Å². The number of halogens is 1. The number of pyridine rings is 1. The number of hydrogen-bond acceptors (Lipinski definition) is 3. The highest BCUT2D eigenvalue weighted by Gasteiger charge is 2.34. The van der Waals surface area contributed by atoms with Crippen LogP contribution in [0.4, 0.5) is 4.39 Å². The van der Waals surface area contributed by atoms with Crippen molar-refractivity contribution in [3.8, 4) is 0 Å². The summed E-state index contributed by atoms with van der Waals surface area (Å²) in [6.07, 6.45) is 7.05. The Balaban J connectivity index is 1.64. The summed E-state index contributed by atoms with van der Waals surface area (Å²) >= 11 is 0. The van der Waals surface area contributed by atoms with Crippen LogP contribution >= 0.6 is 0 Å². The fourth-order valence-electron chi connectivity index (χ4n) is 3.92. The van der Waals surface area contributed by atoms with Crippen molar-refractivity contribution < 1.29 is 9.13 Å². The van der Waals surface area contributed by atoms with Crippen LogP contribution in [-0.2, 0) is 11.3 Å². The minimum absolute atomic E-state index is 0.190. The second-order valence-corrected chi connectivity index (χ2v) is 6.34. The van der Waals surface area contributed by atoms with Gasteiger partial charge in [-0.05, 0) is 36.6 Å². The zero-order valence-corrected chi connectivity index (χ0v) is 12.7. The van der Waals surface area contributed by atoms with E-state index >= 15 is 0 Å². The molecule has 2 heterocycles. The summed E-state index contributed by atoms with van der Waals surface area (Å²) in [5, 5.41) is 0.619. The molecule has 4 heteroatoms. The maximum absolute atomic E-state index is 13.9. The molecule has 116 valence electrons. The number of benzene rings is 1. The van der Waals surface area contributed by atoms with E-state index in [0.29, 0.717) is 17.5 Å². The molecule has 2 atom stereocenters. The third kappa shape index (κ3) is 2.50. The standard InChI is InChI=1S/C18H21FN2O/c19-15-8-7-13(18-14(15)4-3-9-20-18)12-21-10-11-22-17-6-2-1-5-16(17)21/h3-4,7-9,16-17H,1-2,5-6,10-12H2. The van der Waals surface area contributed by atoms with Gasteiger partial charge in [0, 0.05) is 30.7 Å². The van der Waals surface area contributed by atoms with Gasteiger partial charge in [0.25, 0.3) is 0 Å². The fraction of sp³-hybridized carbons (Fsp3) is 0.500. The summed E-state index contributed by atoms with van der Waals surface area (Å²) in [6.45, 7) is 2.58. The lowest BCUT2D eigenvalue weighted by atomic mass is 9.90. The zero-order chi connectivity index (χ0) is 14.9. The molecule has 0 radical (unpaired) electrons. The van der Waals surface area contributed by atoms with Gasteiger partial charge in [-0.2, -0.15) is 0 Å². The van der Waals surface area contributed by atoms with E-state index in [-0.39, 0.29) is 5.82 Å². The quantitative estimate of drug-likeness (QED) is 0.848. The van der Waals surface area contributed by atoms with E-state index in [9.17, 15) is 4.39 Å². The molecule has 0 bridgehead atoms. The number of aromatic nitrogens is 1. The van der Waals surface area contributed by atoms with Gasteiger partial charge in [0.1, 0.15) is 5.82 Å². The third-order valence-electron chi connectivity index (χ3n) is 5.02. The molecule has 2 unspecified atom stereocenters. The largest absolute Gasteiger partial charge is 0.375 e. The van der Waals surface area contributed by atoms with Crippen LogP contribution in [0, 0.1) is 5.82 Å². The molecule has 4 rings (SSSR count). The van der Waals surface area contributed by atoms with Crippen molar-refractivity contribution in [2.24, 2.45) is 0 Å². The molecule has 2 aliphatic rings. The number of rotatable bonds is 2. The van der Waals surface area contributed by atoms with Crippen molar-refractivity contribution in [1.29, 1.82) is 0 Å². The summed E-state index contributed by atoms with van der Waals surface area (Å²) in [4.78, 5) is 6.92. The molecule has 3 nitrogen and oxygen atoms in total. The molecule has 0 spiro atoms. The van der Waals surface area contributed by atoms with Crippen molar-refractivity contribution in [3.05, 3.63) is 41.8 Å². The third-order valence-corrected chi connectivity index (χ3v) is 5.02. The van der Waals surface area contributed by atoms with Crippen molar-refractivity contribution in [2.45, 2.75) is 44.4 Å². The van der Waals surface area contributed by atoms with Gasteiger partial charge in [-0.1, -0.05) is 18.9 Å². The highest BCUT2D eigenvalue weighted by molar-refractivity contribution is 5.82. The van der Waals surface area contributed by atoms with E-state index in [1.54, 1.807) is 18.3 Å². The van der Waals surface area contributed by atoms with Crippen LogP contribution in [0.5, 0.6) is 0 Å². The smallest absolute Gasteiger partial charge is 0.132 e. The Morgan fingerprint density at radius 2 is 2.14 bits per heavy atom. The maximum atomic E-state index is 13.9. The van der Waals surface area contributed by atoms with Crippen LogP contribution in [0.1, 0.15) is 31.2 Å². The molecule has 1 aromatic heterocycles. The number of ether oxygens (including phenoxy) is 1. The summed E-state index contributed by atoms with van der Waals surface area (Å²) in [5.41, 5.74) is 1.91. The Labute approximate surface area is 130 Å². The number of fused-ring (bicyclic) bond motifs is 2. The van der Waals surface area contributed by atoms with Crippen LogP contribution in [0.15, 0.2) is 30.5 Å². The van der Waals surface area contributed by atoms with Gasteiger partial charge in [0.2, 0.25) is 0 Å². The monoisotopic (exact) mass is 300 g/mol. The van der Waals surface area contributed by atoms with Crippen molar-refractivity contribution >= 4 is 10.9 Å². The van der Waals surface area contributed by atoms with Gasteiger partial charge < -0.3 is 4.74 Å². The van der Waals surface area contributed by atoms with E-state index in [0.717, 1.165) is 30.8 Å². The average Bonchev–Trinajstić information content (AvgIpc) is 2.58. The lowest BCUT2D eigenvalue weighted by Crippen LogP contribution is -2.52. The van der Waals surface area contributed by atoms with Gasteiger partial charge in [0.15, 0.2) is 0 Å². The molecular formula is C18H21FN2O. The highest BCUT2D eigenvalue weighted by Crippen LogP contribution is 2.30. The average molecular weight is 300 g/mol. The van der Waals surface area contributed by atoms with E-state index < -0.39 is 0 Å². The van der Waals surface area contributed by atoms with Crippen molar-refractivity contribution in [1.82, 2.24) is 9.88 Å². The Hall–Kier alpha value is -1.52. The Morgan fingerprint density at radius 1 is 1.23 bits per heavy atom. The molecule has 1 aliphatic heterocycles. The Bertz CT molecular complexity index is 673. The topological polar surface area (TPSA) is 25.4 Å². The van der Waals surface area contributed by atoms with E-state index in [1.165, 1.54) is 25.7 Å². The summed E-state index contributed by atoms with van der Waals surface area (Å²) < 4.78 is 19.9. The number of nitrogens with zero attached hydrogens (tertiary/aromatic N) is 2. The second kappa shape index (κ2) is 5.94. The SMILES string of the molecule is Fc1ccc(CN2CCOC3CCCCC32)c2ncccc12. The predicted octanol–water partition coefficient (Wildman–Crippen LogP) is 3.52. The number of morpholine rings is 1. The summed E-state index contributed by atoms with van der Waals surface area (Å²) in [6, 6.07) is 7.56. The number of hydrogen-bond donors (Lipinski definition) is 0. The predicted molar refractivity (Wildman–Crippen MR) is 84.1 cm³/mol. The molecule has 2 fully saturated rings. The van der Waals surface area contributed by atoms with Gasteiger partial charge in [-0.25, -0.2) is 4.39 Å². The normalized spacial score (nSPS) is 26.0. The minimum Gasteiger partial charge on any atom is -0.375 e. The first kappa shape index (κ1) is 14.1. The van der Waals surface area contributed by atoms with E-state index in [2.05, 4.69) is 9.88 Å². The molecular weight excluding hydrogens is 279 g/mol. The fourth-order valence-corrected chi connectivity index (χ4v) is 3.92. The van der Waals surface area contributed by atoms with Crippen LogP contribution in [0.25, 0.3) is 10.9 Å². The molecule has 0 amide bonds. The van der Waals surface area contributed by atoms with Gasteiger partial charge in [-0.3, -0.25) is 9.88 Å². The summed E-state index contributed by atoms with van der Waals surface area (Å²) in [7, 11) is 0. The first-order chi connectivity index (χ1) is 10.8. The second-order valence-electron chi connectivity index (χ2n) is 6.34. The van der Waals surface area contributed by atoms with Crippen LogP contribution in [0.2, 0.25) is 0 Å². The van der Waals surface area contributed by atoms with E-state index in [4.69, 9.17) is 4.74 Å². The molecule has 1 aliphatic carbocycles. The first-order valence-corrected chi connectivity index (χ1v) is 8.21. The van der Waals surface area contributed by atoms with Gasteiger partial charge in [0.05, 0.1) is 18.2 Å². The molecule has 1 saturated carbocycles. The highest BCUT2D eigenvalue weighted by atomic mass is 19.1. The maximum Gasteiger partial charge on any atom is 0.132 e. The zero-order valence-electron chi connectivity index (χ0n) is 12.7. The first-order valence-electron chi connectivity index (χ1n) is 8.21. The van der Waals surface area contributed by atoms with Crippen molar-refractivity contribution in [3.63, 3.8) is 0 Å². The van der Waals surface area contributed by atoms with Gasteiger partial charge in [-0.15, -0.1) is 0 Å². The molecule has 1 saturated heterocycles. The van der Waals surface area contributed by atoms with Crippen LogP contribution in [-0.4, -0.2) is 35.2 Å². The van der Waals surface area contributed by atoms with Crippen LogP contribution < -0.4 is 0 Å². The Kier molecular flexibility index (Phi) is 3.80. The minimum atomic E-state index is -0.190. The molecule has 22 heavy (non-hydrogen) atoms. The molecule has 1 aromatic carbocycles. The lowest BCUT2D eigenvalue weighted by Gasteiger charge is -2.44. The molecule has 0 N–H and O–H groups in total. The van der Waals surface area contributed by atoms with Crippen molar-refractivity contribution in [2.75, 3.05) is 13.2 Å². The lowest BCUT2D eigenvalue weighted by molar-refractivity contribution is -0.0910. The van der Waals surface area contributed by atoms with E-state index in [1.807, 2.05) is 12.1 Å². The van der Waals surface area contributed by atoms with Crippen LogP contribution in [0.3, 0.4) is 0 Å². The summed E-state index contributed by atoms with van der Waals surface area (Å²) in [5.74, 6) is -0.190.